The first kappa shape index (κ1) is 15.1. The first-order valence-electron chi connectivity index (χ1n) is 6.39. The van der Waals surface area contributed by atoms with Gasteiger partial charge in [-0.05, 0) is 24.3 Å². The van der Waals surface area contributed by atoms with Crippen LogP contribution < -0.4 is 9.62 Å². The van der Waals surface area contributed by atoms with Crippen LogP contribution in [0.3, 0.4) is 0 Å². The fourth-order valence-electron chi connectivity index (χ4n) is 1.84. The van der Waals surface area contributed by atoms with E-state index in [1.54, 1.807) is 48.5 Å². The van der Waals surface area contributed by atoms with Crippen molar-refractivity contribution in [2.45, 2.75) is 4.90 Å². The van der Waals surface area contributed by atoms with E-state index in [-0.39, 0.29) is 17.3 Å². The van der Waals surface area contributed by atoms with E-state index < -0.39 is 10.0 Å². The number of nitrogens with zero attached hydrogens (tertiary/aromatic N) is 1. The number of carbonyl (C=O) groups excluding carboxylic acids is 1. The molecular weight excluding hydrogens is 288 g/mol. The molecule has 0 aliphatic carbocycles. The molecule has 0 saturated carbocycles. The van der Waals surface area contributed by atoms with Gasteiger partial charge in [-0.3, -0.25) is 9.10 Å². The van der Waals surface area contributed by atoms with Crippen molar-refractivity contribution in [1.82, 2.24) is 5.32 Å². The first-order chi connectivity index (χ1) is 10.1. The molecule has 0 aliphatic rings. The van der Waals surface area contributed by atoms with E-state index in [1.807, 2.05) is 0 Å². The maximum absolute atomic E-state index is 12.7. The molecule has 0 heterocycles. The number of sulfonamides is 1. The lowest BCUT2D eigenvalue weighted by Gasteiger charge is -2.23. The molecule has 21 heavy (non-hydrogen) atoms. The first-order valence-corrected chi connectivity index (χ1v) is 7.83. The third-order valence-corrected chi connectivity index (χ3v) is 4.73. The van der Waals surface area contributed by atoms with Crippen molar-refractivity contribution in [2.24, 2.45) is 0 Å². The minimum absolute atomic E-state index is 0.151. The van der Waals surface area contributed by atoms with E-state index in [0.29, 0.717) is 5.69 Å². The van der Waals surface area contributed by atoms with Crippen molar-refractivity contribution < 1.29 is 13.2 Å². The summed E-state index contributed by atoms with van der Waals surface area (Å²) < 4.78 is 26.6. The lowest BCUT2D eigenvalue weighted by molar-refractivity contribution is -0.119. The SMILES string of the molecule is CNC(=O)CN(c1ccccc1)S(=O)(=O)c1ccccc1. The number of amides is 1. The van der Waals surface area contributed by atoms with E-state index in [4.69, 9.17) is 0 Å². The summed E-state index contributed by atoms with van der Waals surface area (Å²) in [6.45, 7) is -0.266. The molecule has 0 unspecified atom stereocenters. The van der Waals surface area contributed by atoms with Crippen LogP contribution in [0.1, 0.15) is 0 Å². The van der Waals surface area contributed by atoms with Crippen LogP contribution in [-0.4, -0.2) is 27.9 Å². The van der Waals surface area contributed by atoms with Crippen molar-refractivity contribution in [3.05, 3.63) is 60.7 Å². The molecule has 1 amide bonds. The van der Waals surface area contributed by atoms with Crippen LogP contribution in [0.4, 0.5) is 5.69 Å². The highest BCUT2D eigenvalue weighted by molar-refractivity contribution is 7.92. The van der Waals surface area contributed by atoms with Crippen LogP contribution in [-0.2, 0) is 14.8 Å². The monoisotopic (exact) mass is 304 g/mol. The molecule has 2 aromatic carbocycles. The van der Waals surface area contributed by atoms with Gasteiger partial charge < -0.3 is 5.32 Å². The van der Waals surface area contributed by atoms with Crippen molar-refractivity contribution in [3.8, 4) is 0 Å². The van der Waals surface area contributed by atoms with Crippen LogP contribution in [0.5, 0.6) is 0 Å². The maximum atomic E-state index is 12.7. The Hall–Kier alpha value is -2.34. The van der Waals surface area contributed by atoms with Gasteiger partial charge in [0.15, 0.2) is 0 Å². The summed E-state index contributed by atoms with van der Waals surface area (Å²) in [7, 11) is -2.31. The van der Waals surface area contributed by atoms with Crippen molar-refractivity contribution in [3.63, 3.8) is 0 Å². The summed E-state index contributed by atoms with van der Waals surface area (Å²) in [4.78, 5) is 11.8. The predicted molar refractivity (Wildman–Crippen MR) is 81.5 cm³/mol. The zero-order valence-corrected chi connectivity index (χ0v) is 12.4. The van der Waals surface area contributed by atoms with Crippen molar-refractivity contribution >= 4 is 21.6 Å². The second kappa shape index (κ2) is 6.41. The fraction of sp³-hybridized carbons (Fsp3) is 0.133. The Morgan fingerprint density at radius 3 is 2.05 bits per heavy atom. The Balaban J connectivity index is 2.47. The van der Waals surface area contributed by atoms with Crippen LogP contribution in [0.2, 0.25) is 0 Å². The molecule has 2 aromatic rings. The minimum Gasteiger partial charge on any atom is -0.358 e. The van der Waals surface area contributed by atoms with Crippen LogP contribution in [0.15, 0.2) is 65.6 Å². The van der Waals surface area contributed by atoms with Gasteiger partial charge in [0.05, 0.1) is 10.6 Å². The average molecular weight is 304 g/mol. The third-order valence-electron chi connectivity index (χ3n) is 2.94. The van der Waals surface area contributed by atoms with Gasteiger partial charge in [0.25, 0.3) is 10.0 Å². The number of rotatable bonds is 5. The second-order valence-corrected chi connectivity index (χ2v) is 6.20. The Morgan fingerprint density at radius 1 is 1.00 bits per heavy atom. The van der Waals surface area contributed by atoms with Gasteiger partial charge in [-0.2, -0.15) is 0 Å². The normalized spacial score (nSPS) is 10.9. The average Bonchev–Trinajstić information content (AvgIpc) is 2.53. The molecular formula is C15H16N2O3S. The predicted octanol–water partition coefficient (Wildman–Crippen LogP) is 1.63. The molecule has 0 spiro atoms. The Kier molecular flexibility index (Phi) is 4.59. The summed E-state index contributed by atoms with van der Waals surface area (Å²) in [5.74, 6) is -0.377. The molecule has 0 bridgehead atoms. The highest BCUT2D eigenvalue weighted by Gasteiger charge is 2.26. The number of para-hydroxylation sites is 1. The Labute approximate surface area is 124 Å². The summed E-state index contributed by atoms with van der Waals surface area (Å²) >= 11 is 0. The topological polar surface area (TPSA) is 66.5 Å². The van der Waals surface area contributed by atoms with E-state index >= 15 is 0 Å². The summed E-state index contributed by atoms with van der Waals surface area (Å²) in [5.41, 5.74) is 0.449. The molecule has 0 saturated heterocycles. The maximum Gasteiger partial charge on any atom is 0.264 e. The van der Waals surface area contributed by atoms with Gasteiger partial charge in [-0.1, -0.05) is 36.4 Å². The highest BCUT2D eigenvalue weighted by atomic mass is 32.2. The van der Waals surface area contributed by atoms with Gasteiger partial charge in [-0.15, -0.1) is 0 Å². The molecule has 0 atom stereocenters. The lowest BCUT2D eigenvalue weighted by atomic mass is 10.3. The summed E-state index contributed by atoms with van der Waals surface area (Å²) in [6, 6.07) is 16.6. The molecule has 0 aromatic heterocycles. The Bertz CT molecular complexity index is 700. The summed E-state index contributed by atoms with van der Waals surface area (Å²) in [6.07, 6.45) is 0. The number of carbonyl (C=O) groups is 1. The van der Waals surface area contributed by atoms with Crippen LogP contribution in [0, 0.1) is 0 Å². The number of anilines is 1. The largest absolute Gasteiger partial charge is 0.358 e. The molecule has 1 N–H and O–H groups in total. The third kappa shape index (κ3) is 3.41. The van der Waals surface area contributed by atoms with Gasteiger partial charge in [0, 0.05) is 7.05 Å². The molecule has 0 radical (unpaired) electrons. The van der Waals surface area contributed by atoms with E-state index in [0.717, 1.165) is 4.31 Å². The van der Waals surface area contributed by atoms with Crippen LogP contribution >= 0.6 is 0 Å². The fourth-order valence-corrected chi connectivity index (χ4v) is 3.28. The van der Waals surface area contributed by atoms with Crippen molar-refractivity contribution in [1.29, 1.82) is 0 Å². The van der Waals surface area contributed by atoms with E-state index in [9.17, 15) is 13.2 Å². The van der Waals surface area contributed by atoms with Crippen LogP contribution in [0.25, 0.3) is 0 Å². The van der Waals surface area contributed by atoms with Crippen molar-refractivity contribution in [2.75, 3.05) is 17.9 Å². The lowest BCUT2D eigenvalue weighted by Crippen LogP contribution is -2.39. The molecule has 0 aliphatic heterocycles. The van der Waals surface area contributed by atoms with Gasteiger partial charge in [0.2, 0.25) is 5.91 Å². The minimum atomic E-state index is -3.79. The number of hydrogen-bond donors (Lipinski definition) is 1. The van der Waals surface area contributed by atoms with E-state index in [1.165, 1.54) is 19.2 Å². The zero-order valence-electron chi connectivity index (χ0n) is 11.6. The van der Waals surface area contributed by atoms with Gasteiger partial charge in [-0.25, -0.2) is 8.42 Å². The smallest absolute Gasteiger partial charge is 0.264 e. The standard InChI is InChI=1S/C15H16N2O3S/c1-16-15(18)12-17(13-8-4-2-5-9-13)21(19,20)14-10-6-3-7-11-14/h2-11H,12H2,1H3,(H,16,18). The quantitative estimate of drug-likeness (QED) is 0.913. The Morgan fingerprint density at radius 2 is 1.52 bits per heavy atom. The molecule has 0 fully saturated rings. The van der Waals surface area contributed by atoms with Gasteiger partial charge in [0.1, 0.15) is 6.54 Å². The second-order valence-electron chi connectivity index (χ2n) is 4.33. The van der Waals surface area contributed by atoms with Gasteiger partial charge >= 0.3 is 0 Å². The number of nitrogens with one attached hydrogen (secondary N) is 1. The molecule has 5 nitrogen and oxygen atoms in total. The molecule has 2 rings (SSSR count). The number of hydrogen-bond acceptors (Lipinski definition) is 3. The molecule has 6 heteroatoms. The van der Waals surface area contributed by atoms with E-state index in [2.05, 4.69) is 5.32 Å². The number of likely N-dealkylation sites (N-methyl/N-ethyl adjacent to an activating group) is 1. The molecule has 110 valence electrons. The zero-order chi connectivity index (χ0) is 15.3. The highest BCUT2D eigenvalue weighted by Crippen LogP contribution is 2.22. The number of benzene rings is 2. The summed E-state index contributed by atoms with van der Waals surface area (Å²) in [5, 5.41) is 2.44.